The fraction of sp³-hybridized carbons (Fsp3) is 0.600. The molecule has 150 valence electrons. The van der Waals surface area contributed by atoms with E-state index >= 15 is 0 Å². The molecular formula is C20H30N2O5. The minimum absolute atomic E-state index is 0.202. The summed E-state index contributed by atoms with van der Waals surface area (Å²) in [6.45, 7) is 5.09. The number of rotatable bonds is 7. The van der Waals surface area contributed by atoms with Gasteiger partial charge in [0.05, 0.1) is 25.2 Å². The summed E-state index contributed by atoms with van der Waals surface area (Å²) in [6, 6.07) is 6.96. The predicted octanol–water partition coefficient (Wildman–Crippen LogP) is 1.81. The topological polar surface area (TPSA) is 99.1 Å². The first-order chi connectivity index (χ1) is 12.6. The molecule has 0 bridgehead atoms. The molecule has 0 saturated carbocycles. The molecule has 0 unspecified atom stereocenters. The molecule has 0 aromatic heterocycles. The summed E-state index contributed by atoms with van der Waals surface area (Å²) in [5.74, 6) is -1.03. The summed E-state index contributed by atoms with van der Waals surface area (Å²) >= 11 is 0. The van der Waals surface area contributed by atoms with Gasteiger partial charge in [0.15, 0.2) is 0 Å². The van der Waals surface area contributed by atoms with E-state index in [0.717, 1.165) is 5.56 Å². The summed E-state index contributed by atoms with van der Waals surface area (Å²) in [6.07, 6.45) is 0.595. The minimum Gasteiger partial charge on any atom is -0.497 e. The highest BCUT2D eigenvalue weighted by molar-refractivity contribution is 5.85. The zero-order valence-corrected chi connectivity index (χ0v) is 16.7. The summed E-state index contributed by atoms with van der Waals surface area (Å²) in [5, 5.41) is 22.3. The monoisotopic (exact) mass is 378 g/mol. The third-order valence-electron chi connectivity index (χ3n) is 5.67. The van der Waals surface area contributed by atoms with Crippen molar-refractivity contribution < 1.29 is 24.5 Å². The molecular weight excluding hydrogens is 348 g/mol. The number of benzene rings is 1. The number of ether oxygens (including phenoxy) is 1. The molecule has 2 rings (SSSR count). The number of hydrogen-bond acceptors (Lipinski definition) is 5. The number of aliphatic carboxylic acids is 1. The summed E-state index contributed by atoms with van der Waals surface area (Å²) in [7, 11) is 3.34. The van der Waals surface area contributed by atoms with Crippen molar-refractivity contribution in [3.05, 3.63) is 29.8 Å². The molecule has 1 aliphatic heterocycles. The highest BCUT2D eigenvalue weighted by Gasteiger charge is 2.56. The highest BCUT2D eigenvalue weighted by Crippen LogP contribution is 2.47. The third-order valence-corrected chi connectivity index (χ3v) is 5.67. The number of nitrogens with one attached hydrogen (secondary N) is 1. The average Bonchev–Trinajstić information content (AvgIpc) is 2.95. The first-order valence-electron chi connectivity index (χ1n) is 9.15. The van der Waals surface area contributed by atoms with Gasteiger partial charge in [-0.1, -0.05) is 19.1 Å². The molecule has 1 heterocycles. The van der Waals surface area contributed by atoms with Crippen molar-refractivity contribution in [3.8, 4) is 5.75 Å². The van der Waals surface area contributed by atoms with Crippen LogP contribution < -0.4 is 10.1 Å². The van der Waals surface area contributed by atoms with Crippen LogP contribution in [0.4, 0.5) is 0 Å². The van der Waals surface area contributed by atoms with Crippen molar-refractivity contribution in [2.45, 2.75) is 50.7 Å². The molecule has 0 spiro atoms. The number of likely N-dealkylation sites (tertiary alicyclic amines) is 1. The smallest absolute Gasteiger partial charge is 0.324 e. The van der Waals surface area contributed by atoms with Crippen LogP contribution in [0.15, 0.2) is 24.3 Å². The Morgan fingerprint density at radius 1 is 1.33 bits per heavy atom. The van der Waals surface area contributed by atoms with Crippen molar-refractivity contribution in [1.29, 1.82) is 0 Å². The fourth-order valence-electron chi connectivity index (χ4n) is 3.90. The number of carboxylic acid groups (broad SMARTS) is 1. The van der Waals surface area contributed by atoms with Crippen LogP contribution in [0, 0.1) is 5.92 Å². The SMILES string of the molecule is CC[C@@]1(C(=O)O)C[C@H](C(=O)NC(C)(C)CO)[C@H](c2ccc(OC)cc2)N1C. The van der Waals surface area contributed by atoms with Gasteiger partial charge in [-0.25, -0.2) is 0 Å². The van der Waals surface area contributed by atoms with Crippen molar-refractivity contribution in [3.63, 3.8) is 0 Å². The van der Waals surface area contributed by atoms with Crippen molar-refractivity contribution in [2.75, 3.05) is 20.8 Å². The van der Waals surface area contributed by atoms with Gasteiger partial charge in [0.2, 0.25) is 5.91 Å². The summed E-state index contributed by atoms with van der Waals surface area (Å²) < 4.78 is 5.20. The van der Waals surface area contributed by atoms with E-state index in [9.17, 15) is 19.8 Å². The van der Waals surface area contributed by atoms with Crippen LogP contribution >= 0.6 is 0 Å². The molecule has 1 aromatic carbocycles. The van der Waals surface area contributed by atoms with Gasteiger partial charge in [0.1, 0.15) is 11.3 Å². The molecule has 1 fully saturated rings. The molecule has 7 heteroatoms. The van der Waals surface area contributed by atoms with Crippen molar-refractivity contribution in [2.24, 2.45) is 5.92 Å². The number of hydrogen-bond donors (Lipinski definition) is 3. The van der Waals surface area contributed by atoms with Gasteiger partial charge in [-0.3, -0.25) is 14.5 Å². The number of nitrogens with zero attached hydrogens (tertiary/aromatic N) is 1. The Labute approximate surface area is 160 Å². The Kier molecular flexibility index (Phi) is 6.17. The van der Waals surface area contributed by atoms with E-state index in [-0.39, 0.29) is 25.0 Å². The van der Waals surface area contributed by atoms with E-state index in [0.29, 0.717) is 12.2 Å². The number of carbonyl (C=O) groups excluding carboxylic acids is 1. The van der Waals surface area contributed by atoms with E-state index in [1.807, 2.05) is 31.2 Å². The number of methoxy groups -OCH3 is 1. The Morgan fingerprint density at radius 2 is 1.93 bits per heavy atom. The van der Waals surface area contributed by atoms with Crippen molar-refractivity contribution in [1.82, 2.24) is 10.2 Å². The van der Waals surface area contributed by atoms with Crippen LogP contribution in [0.2, 0.25) is 0 Å². The first kappa shape index (κ1) is 21.2. The molecule has 0 radical (unpaired) electrons. The van der Waals surface area contributed by atoms with Gasteiger partial charge in [0, 0.05) is 6.04 Å². The Hall–Kier alpha value is -2.12. The van der Waals surface area contributed by atoms with Gasteiger partial charge in [-0.2, -0.15) is 0 Å². The maximum atomic E-state index is 13.0. The molecule has 1 aliphatic rings. The molecule has 27 heavy (non-hydrogen) atoms. The largest absolute Gasteiger partial charge is 0.497 e. The number of carbonyl (C=O) groups is 2. The molecule has 1 amide bonds. The average molecular weight is 378 g/mol. The third kappa shape index (κ3) is 3.94. The Bertz CT molecular complexity index is 688. The summed E-state index contributed by atoms with van der Waals surface area (Å²) in [4.78, 5) is 26.9. The van der Waals surface area contributed by atoms with Crippen LogP contribution in [-0.4, -0.2) is 58.8 Å². The maximum absolute atomic E-state index is 13.0. The van der Waals surface area contributed by atoms with E-state index in [2.05, 4.69) is 5.32 Å². The van der Waals surface area contributed by atoms with Crippen molar-refractivity contribution >= 4 is 11.9 Å². The number of aliphatic hydroxyl groups is 1. The lowest BCUT2D eigenvalue weighted by Crippen LogP contribution is -2.49. The molecule has 1 aromatic rings. The predicted molar refractivity (Wildman–Crippen MR) is 102 cm³/mol. The lowest BCUT2D eigenvalue weighted by molar-refractivity contribution is -0.150. The van der Waals surface area contributed by atoms with E-state index in [1.54, 1.807) is 32.9 Å². The lowest BCUT2D eigenvalue weighted by atomic mass is 9.86. The second kappa shape index (κ2) is 7.86. The Morgan fingerprint density at radius 3 is 2.37 bits per heavy atom. The van der Waals surface area contributed by atoms with Crippen LogP contribution in [0.5, 0.6) is 5.75 Å². The Balaban J connectivity index is 2.46. The van der Waals surface area contributed by atoms with E-state index < -0.39 is 23.0 Å². The first-order valence-corrected chi connectivity index (χ1v) is 9.15. The lowest BCUT2D eigenvalue weighted by Gasteiger charge is -2.34. The quantitative estimate of drug-likeness (QED) is 0.669. The second-order valence-electron chi connectivity index (χ2n) is 7.86. The van der Waals surface area contributed by atoms with Gasteiger partial charge in [0.25, 0.3) is 0 Å². The zero-order chi connectivity index (χ0) is 20.4. The summed E-state index contributed by atoms with van der Waals surface area (Å²) in [5.41, 5.74) is -1.03. The number of likely N-dealkylation sites (N-methyl/N-ethyl adjacent to an activating group) is 1. The van der Waals surface area contributed by atoms with E-state index in [4.69, 9.17) is 4.74 Å². The number of aliphatic hydroxyl groups excluding tert-OH is 1. The number of carboxylic acids is 1. The minimum atomic E-state index is -1.12. The van der Waals surface area contributed by atoms with Crippen LogP contribution in [0.3, 0.4) is 0 Å². The standard InChI is InChI=1S/C20H30N2O5/c1-6-20(18(25)26)11-15(17(24)21-19(2,3)12-23)16(22(20)4)13-7-9-14(27-5)10-8-13/h7-10,15-16,23H,6,11-12H2,1-5H3,(H,21,24)(H,25,26)/t15-,16-,20-/m0/s1. The van der Waals surface area contributed by atoms with Gasteiger partial charge in [-0.15, -0.1) is 0 Å². The highest BCUT2D eigenvalue weighted by atomic mass is 16.5. The van der Waals surface area contributed by atoms with Gasteiger partial charge >= 0.3 is 5.97 Å². The van der Waals surface area contributed by atoms with Crippen LogP contribution in [0.1, 0.15) is 45.2 Å². The zero-order valence-electron chi connectivity index (χ0n) is 16.7. The molecule has 7 nitrogen and oxygen atoms in total. The molecule has 3 N–H and O–H groups in total. The molecule has 0 aliphatic carbocycles. The maximum Gasteiger partial charge on any atom is 0.324 e. The molecule has 1 saturated heterocycles. The van der Waals surface area contributed by atoms with Gasteiger partial charge < -0.3 is 20.3 Å². The normalized spacial score (nSPS) is 26.0. The number of amides is 1. The van der Waals surface area contributed by atoms with Gasteiger partial charge in [-0.05, 0) is 51.4 Å². The van der Waals surface area contributed by atoms with Crippen LogP contribution in [0.25, 0.3) is 0 Å². The molecule has 3 atom stereocenters. The fourth-order valence-corrected chi connectivity index (χ4v) is 3.90. The van der Waals surface area contributed by atoms with Crippen LogP contribution in [-0.2, 0) is 9.59 Å². The second-order valence-corrected chi connectivity index (χ2v) is 7.86. The van der Waals surface area contributed by atoms with E-state index in [1.165, 1.54) is 0 Å².